The van der Waals surface area contributed by atoms with Gasteiger partial charge in [0.2, 0.25) is 0 Å². The molecule has 1 aromatic carbocycles. The van der Waals surface area contributed by atoms with E-state index in [-0.39, 0.29) is 0 Å². The fourth-order valence-corrected chi connectivity index (χ4v) is 2.99. The van der Waals surface area contributed by atoms with Crippen molar-refractivity contribution in [2.45, 2.75) is 37.8 Å². The maximum atomic E-state index is 4.77. The van der Waals surface area contributed by atoms with Crippen LogP contribution in [-0.2, 0) is 0 Å². The molecule has 2 unspecified atom stereocenters. The molecule has 0 amide bonds. The molecule has 16 heavy (non-hydrogen) atoms. The molecule has 0 saturated heterocycles. The Hall–Kier alpha value is -1.31. The summed E-state index contributed by atoms with van der Waals surface area (Å²) in [5.41, 5.74) is 2.60. The van der Waals surface area contributed by atoms with Gasteiger partial charge in [-0.05, 0) is 18.9 Å². The number of likely N-dealkylation sites (N-methyl/N-ethyl adjacent to an activating group) is 1. The minimum atomic E-state index is 0.506. The van der Waals surface area contributed by atoms with E-state index < -0.39 is 0 Å². The van der Waals surface area contributed by atoms with Gasteiger partial charge in [0, 0.05) is 24.5 Å². The minimum Gasteiger partial charge on any atom is -0.369 e. The molecule has 1 aromatic rings. The van der Waals surface area contributed by atoms with Crippen molar-refractivity contribution in [1.29, 1.82) is 0 Å². The highest BCUT2D eigenvalue weighted by molar-refractivity contribution is 5.89. The summed E-state index contributed by atoms with van der Waals surface area (Å²) < 4.78 is 0. The van der Waals surface area contributed by atoms with Crippen LogP contribution in [0, 0.1) is 0 Å². The Morgan fingerprint density at radius 2 is 2.00 bits per heavy atom. The van der Waals surface area contributed by atoms with Crippen molar-refractivity contribution in [3.05, 3.63) is 29.8 Å². The third-order valence-corrected chi connectivity index (χ3v) is 3.91. The predicted octanol–water partition coefficient (Wildman–Crippen LogP) is 2.87. The molecule has 1 aliphatic carbocycles. The van der Waals surface area contributed by atoms with E-state index in [0.29, 0.717) is 12.1 Å². The lowest BCUT2D eigenvalue weighted by molar-refractivity contribution is 0.378. The van der Waals surface area contributed by atoms with Crippen molar-refractivity contribution in [2.75, 3.05) is 11.9 Å². The zero-order valence-electron chi connectivity index (χ0n) is 9.76. The fraction of sp³-hybridized carbons (Fsp3) is 0.500. The number of aliphatic imine (C=N–C) groups is 1. The Kier molecular flexibility index (Phi) is 2.43. The first-order chi connectivity index (χ1) is 7.86. The number of fused-ring (bicyclic) bond motifs is 2. The van der Waals surface area contributed by atoms with Crippen LogP contribution in [0.5, 0.6) is 0 Å². The van der Waals surface area contributed by atoms with Crippen LogP contribution in [0.15, 0.2) is 29.3 Å². The second-order valence-corrected chi connectivity index (χ2v) is 4.87. The van der Waals surface area contributed by atoms with E-state index in [9.17, 15) is 0 Å². The number of rotatable bonds is 0. The van der Waals surface area contributed by atoms with Gasteiger partial charge in [-0.3, -0.25) is 4.99 Å². The molecule has 1 aliphatic heterocycles. The van der Waals surface area contributed by atoms with E-state index in [2.05, 4.69) is 42.4 Å². The van der Waals surface area contributed by atoms with E-state index in [1.807, 2.05) is 0 Å². The van der Waals surface area contributed by atoms with E-state index >= 15 is 0 Å². The van der Waals surface area contributed by atoms with Crippen molar-refractivity contribution in [3.63, 3.8) is 0 Å². The van der Waals surface area contributed by atoms with E-state index in [1.54, 1.807) is 0 Å². The standard InChI is InChI=1S/C14H18N2/c1-16-13-8-4-2-6-11(13)10-15-12-7-3-5-9-14(12)16/h2,4,6,8,10,12,14H,3,5,7,9H2,1H3. The smallest absolute Gasteiger partial charge is 0.0702 e. The molecule has 0 radical (unpaired) electrons. The van der Waals surface area contributed by atoms with Gasteiger partial charge in [0.1, 0.15) is 0 Å². The number of nitrogens with zero attached hydrogens (tertiary/aromatic N) is 2. The van der Waals surface area contributed by atoms with Crippen LogP contribution in [0.4, 0.5) is 5.69 Å². The van der Waals surface area contributed by atoms with E-state index in [0.717, 1.165) is 0 Å². The van der Waals surface area contributed by atoms with Crippen molar-refractivity contribution in [2.24, 2.45) is 4.99 Å². The summed E-state index contributed by atoms with van der Waals surface area (Å²) in [6.07, 6.45) is 7.29. The summed E-state index contributed by atoms with van der Waals surface area (Å²) in [7, 11) is 2.22. The summed E-state index contributed by atoms with van der Waals surface area (Å²) >= 11 is 0. The van der Waals surface area contributed by atoms with Gasteiger partial charge in [0.15, 0.2) is 0 Å². The summed E-state index contributed by atoms with van der Waals surface area (Å²) in [5, 5.41) is 0. The fourth-order valence-electron chi connectivity index (χ4n) is 2.99. The van der Waals surface area contributed by atoms with Crippen LogP contribution in [0.2, 0.25) is 0 Å². The molecule has 1 fully saturated rings. The van der Waals surface area contributed by atoms with E-state index in [4.69, 9.17) is 4.99 Å². The van der Waals surface area contributed by atoms with Crippen LogP contribution in [0.1, 0.15) is 31.2 Å². The van der Waals surface area contributed by atoms with Gasteiger partial charge >= 0.3 is 0 Å². The van der Waals surface area contributed by atoms with Crippen LogP contribution < -0.4 is 4.90 Å². The molecule has 0 aromatic heterocycles. The quantitative estimate of drug-likeness (QED) is 0.648. The normalized spacial score (nSPS) is 28.2. The minimum absolute atomic E-state index is 0.506. The molecule has 3 rings (SSSR count). The zero-order chi connectivity index (χ0) is 11.0. The molecule has 1 heterocycles. The maximum Gasteiger partial charge on any atom is 0.0702 e. The number of hydrogen-bond donors (Lipinski definition) is 0. The summed E-state index contributed by atoms with van der Waals surface area (Å²) in [6.45, 7) is 0. The Morgan fingerprint density at radius 1 is 1.19 bits per heavy atom. The van der Waals surface area contributed by atoms with Crippen LogP contribution in [0.25, 0.3) is 0 Å². The van der Waals surface area contributed by atoms with Crippen LogP contribution >= 0.6 is 0 Å². The molecule has 2 nitrogen and oxygen atoms in total. The highest BCUT2D eigenvalue weighted by Gasteiger charge is 2.30. The van der Waals surface area contributed by atoms with Gasteiger partial charge in [-0.15, -0.1) is 0 Å². The second kappa shape index (κ2) is 3.93. The molecule has 84 valence electrons. The maximum absolute atomic E-state index is 4.77. The third kappa shape index (κ3) is 1.53. The number of para-hydroxylation sites is 1. The topological polar surface area (TPSA) is 15.6 Å². The molecule has 0 N–H and O–H groups in total. The van der Waals surface area contributed by atoms with Gasteiger partial charge in [-0.2, -0.15) is 0 Å². The van der Waals surface area contributed by atoms with Crippen molar-refractivity contribution in [3.8, 4) is 0 Å². The number of hydrogen-bond acceptors (Lipinski definition) is 2. The van der Waals surface area contributed by atoms with Gasteiger partial charge in [-0.25, -0.2) is 0 Å². The third-order valence-electron chi connectivity index (χ3n) is 3.91. The average Bonchev–Trinajstić information content (AvgIpc) is 2.49. The van der Waals surface area contributed by atoms with Crippen molar-refractivity contribution in [1.82, 2.24) is 0 Å². The molecular formula is C14H18N2. The van der Waals surface area contributed by atoms with Crippen molar-refractivity contribution < 1.29 is 0 Å². The zero-order valence-corrected chi connectivity index (χ0v) is 9.76. The first kappa shape index (κ1) is 9.88. The Bertz CT molecular complexity index is 411. The SMILES string of the molecule is CN1c2ccccc2C=NC2CCCCC21. The first-order valence-corrected chi connectivity index (χ1v) is 6.21. The summed E-state index contributed by atoms with van der Waals surface area (Å²) in [6, 6.07) is 9.69. The Morgan fingerprint density at radius 3 is 2.94 bits per heavy atom. The Balaban J connectivity index is 2.03. The van der Waals surface area contributed by atoms with Gasteiger partial charge in [0.05, 0.1) is 12.1 Å². The number of benzene rings is 1. The molecule has 2 heteroatoms. The molecule has 1 saturated carbocycles. The largest absolute Gasteiger partial charge is 0.369 e. The van der Waals surface area contributed by atoms with Gasteiger partial charge in [0.25, 0.3) is 0 Å². The molecule has 2 aliphatic rings. The highest BCUT2D eigenvalue weighted by Crippen LogP contribution is 2.31. The van der Waals surface area contributed by atoms with Gasteiger partial charge < -0.3 is 4.90 Å². The summed E-state index contributed by atoms with van der Waals surface area (Å²) in [4.78, 5) is 7.21. The molecule has 2 atom stereocenters. The lowest BCUT2D eigenvalue weighted by atomic mass is 9.90. The predicted molar refractivity (Wildman–Crippen MR) is 68.5 cm³/mol. The first-order valence-electron chi connectivity index (χ1n) is 6.21. The Labute approximate surface area is 97.0 Å². The van der Waals surface area contributed by atoms with Crippen molar-refractivity contribution >= 4 is 11.9 Å². The summed E-state index contributed by atoms with van der Waals surface area (Å²) in [5.74, 6) is 0. The molecule has 0 bridgehead atoms. The number of anilines is 1. The second-order valence-electron chi connectivity index (χ2n) is 4.87. The lowest BCUT2D eigenvalue weighted by Gasteiger charge is -2.36. The highest BCUT2D eigenvalue weighted by atomic mass is 15.2. The van der Waals surface area contributed by atoms with E-state index in [1.165, 1.54) is 36.9 Å². The van der Waals surface area contributed by atoms with Crippen LogP contribution in [0.3, 0.4) is 0 Å². The lowest BCUT2D eigenvalue weighted by Crippen LogP contribution is -2.42. The molecular weight excluding hydrogens is 196 g/mol. The monoisotopic (exact) mass is 214 g/mol. The van der Waals surface area contributed by atoms with Crippen LogP contribution in [-0.4, -0.2) is 25.3 Å². The average molecular weight is 214 g/mol. The van der Waals surface area contributed by atoms with Gasteiger partial charge in [-0.1, -0.05) is 31.0 Å². The molecule has 0 spiro atoms.